The summed E-state index contributed by atoms with van der Waals surface area (Å²) in [5.41, 5.74) is 11.3. The summed E-state index contributed by atoms with van der Waals surface area (Å²) in [5.74, 6) is 1.33. The minimum absolute atomic E-state index is 0.0183. The topological polar surface area (TPSA) is 81.2 Å². The normalized spacial score (nSPS) is 15.8. The fourth-order valence-electron chi connectivity index (χ4n) is 3.75. The molecule has 1 aliphatic carbocycles. The zero-order chi connectivity index (χ0) is 19.5. The molecule has 0 spiro atoms. The third kappa shape index (κ3) is 4.09. The second-order valence-electron chi connectivity index (χ2n) is 7.45. The molecule has 0 bridgehead atoms. The van der Waals surface area contributed by atoms with Gasteiger partial charge in [0.25, 0.3) is 0 Å². The Balaban J connectivity index is 1.35. The van der Waals surface area contributed by atoms with Gasteiger partial charge in [0.1, 0.15) is 0 Å². The Morgan fingerprint density at radius 3 is 2.89 bits per heavy atom. The number of oxazole rings is 1. The van der Waals surface area contributed by atoms with Gasteiger partial charge in [-0.3, -0.25) is 4.79 Å². The number of nitrogens with zero attached hydrogens (tertiary/aromatic N) is 1. The Kier molecular flexibility index (Phi) is 5.15. The van der Waals surface area contributed by atoms with Crippen molar-refractivity contribution in [2.24, 2.45) is 0 Å². The van der Waals surface area contributed by atoms with E-state index in [-0.39, 0.29) is 11.9 Å². The lowest BCUT2D eigenvalue weighted by Crippen LogP contribution is -2.31. The molecule has 0 aliphatic heterocycles. The molecule has 28 heavy (non-hydrogen) atoms. The Morgan fingerprint density at radius 2 is 2.07 bits per heavy atom. The number of rotatable bonds is 5. The number of fused-ring (bicyclic) bond motifs is 1. The second kappa shape index (κ2) is 7.89. The predicted octanol–water partition coefficient (Wildman–Crippen LogP) is 4.36. The molecule has 1 amide bonds. The van der Waals surface area contributed by atoms with Crippen molar-refractivity contribution in [3.05, 3.63) is 71.2 Å². The molecule has 2 aromatic carbocycles. The highest BCUT2D eigenvalue weighted by Crippen LogP contribution is 2.31. The molecule has 3 N–H and O–H groups in total. The van der Waals surface area contributed by atoms with Gasteiger partial charge in [0.2, 0.25) is 5.91 Å². The van der Waals surface area contributed by atoms with E-state index in [1.165, 1.54) is 16.7 Å². The van der Waals surface area contributed by atoms with Crippen molar-refractivity contribution in [3.8, 4) is 11.3 Å². The van der Waals surface area contributed by atoms with Gasteiger partial charge in [0.05, 0.1) is 12.2 Å². The van der Waals surface area contributed by atoms with Gasteiger partial charge >= 0.3 is 0 Å². The van der Waals surface area contributed by atoms with Crippen LogP contribution in [-0.4, -0.2) is 10.9 Å². The zero-order valence-corrected chi connectivity index (χ0v) is 16.1. The summed E-state index contributed by atoms with van der Waals surface area (Å²) >= 11 is 0. The third-order valence-electron chi connectivity index (χ3n) is 5.27. The number of carbonyl (C=O) groups is 1. The second-order valence-corrected chi connectivity index (χ2v) is 7.45. The van der Waals surface area contributed by atoms with Gasteiger partial charge < -0.3 is 15.5 Å². The number of aryl methyl sites for hydroxylation is 3. The maximum Gasteiger partial charge on any atom is 0.220 e. The first kappa shape index (κ1) is 18.3. The highest BCUT2D eigenvalue weighted by molar-refractivity contribution is 5.76. The summed E-state index contributed by atoms with van der Waals surface area (Å²) in [6.07, 6.45) is 5.60. The lowest BCUT2D eigenvalue weighted by molar-refractivity contribution is -0.122. The van der Waals surface area contributed by atoms with E-state index in [1.54, 1.807) is 6.20 Å². The summed E-state index contributed by atoms with van der Waals surface area (Å²) in [7, 11) is 0. The van der Waals surface area contributed by atoms with E-state index < -0.39 is 0 Å². The molecular weight excluding hydrogens is 350 g/mol. The Hall–Kier alpha value is -3.08. The van der Waals surface area contributed by atoms with Crippen molar-refractivity contribution in [1.29, 1.82) is 0 Å². The fourth-order valence-corrected chi connectivity index (χ4v) is 3.75. The average Bonchev–Trinajstić information content (AvgIpc) is 3.16. The summed E-state index contributed by atoms with van der Waals surface area (Å²) in [5, 5.41) is 3.16. The van der Waals surface area contributed by atoms with Gasteiger partial charge in [-0.25, -0.2) is 4.98 Å². The van der Waals surface area contributed by atoms with E-state index in [0.717, 1.165) is 36.3 Å². The van der Waals surface area contributed by atoms with E-state index in [1.807, 2.05) is 49.4 Å². The first-order valence-electron chi connectivity index (χ1n) is 9.78. The predicted molar refractivity (Wildman–Crippen MR) is 110 cm³/mol. The monoisotopic (exact) mass is 375 g/mol. The molecule has 5 heteroatoms. The highest BCUT2D eigenvalue weighted by Gasteiger charge is 2.22. The van der Waals surface area contributed by atoms with Crippen molar-refractivity contribution in [2.75, 3.05) is 5.73 Å². The standard InChI is InChI=1S/C23H25N3O2/c1-15-5-7-16(8-6-15)21-14-25-23(28-21)12-11-22(27)26-20-4-2-3-17-13-18(24)9-10-19(17)20/h5-10,13-14,20H,2-4,11-12,24H2,1H3,(H,26,27). The van der Waals surface area contributed by atoms with Gasteiger partial charge in [-0.1, -0.05) is 35.9 Å². The smallest absolute Gasteiger partial charge is 0.220 e. The van der Waals surface area contributed by atoms with Crippen LogP contribution in [0.15, 0.2) is 53.1 Å². The summed E-state index contributed by atoms with van der Waals surface area (Å²) < 4.78 is 5.81. The lowest BCUT2D eigenvalue weighted by Gasteiger charge is -2.26. The maximum atomic E-state index is 12.5. The number of nitrogens with two attached hydrogens (primary N) is 1. The van der Waals surface area contributed by atoms with Gasteiger partial charge in [0.15, 0.2) is 11.7 Å². The zero-order valence-electron chi connectivity index (χ0n) is 16.1. The molecular formula is C23H25N3O2. The van der Waals surface area contributed by atoms with Gasteiger partial charge in [-0.15, -0.1) is 0 Å². The molecule has 1 aliphatic rings. The van der Waals surface area contributed by atoms with Crippen LogP contribution in [0.4, 0.5) is 5.69 Å². The number of aromatic nitrogens is 1. The number of anilines is 1. The van der Waals surface area contributed by atoms with Crippen molar-refractivity contribution >= 4 is 11.6 Å². The molecule has 1 atom stereocenters. The molecule has 5 nitrogen and oxygen atoms in total. The summed E-state index contributed by atoms with van der Waals surface area (Å²) in [4.78, 5) is 16.8. The minimum atomic E-state index is 0.0183. The van der Waals surface area contributed by atoms with E-state index in [4.69, 9.17) is 10.2 Å². The first-order valence-corrected chi connectivity index (χ1v) is 9.78. The molecule has 3 aromatic rings. The first-order chi connectivity index (χ1) is 13.6. The number of nitrogens with one attached hydrogen (secondary N) is 1. The van der Waals surface area contributed by atoms with Crippen LogP contribution in [-0.2, 0) is 17.6 Å². The number of carbonyl (C=O) groups excluding carboxylic acids is 1. The largest absolute Gasteiger partial charge is 0.441 e. The quantitative estimate of drug-likeness (QED) is 0.649. The van der Waals surface area contributed by atoms with E-state index in [0.29, 0.717) is 18.7 Å². The number of hydrogen-bond donors (Lipinski definition) is 2. The van der Waals surface area contributed by atoms with Crippen LogP contribution in [0, 0.1) is 6.92 Å². The van der Waals surface area contributed by atoms with Gasteiger partial charge in [-0.2, -0.15) is 0 Å². The average molecular weight is 375 g/mol. The highest BCUT2D eigenvalue weighted by atomic mass is 16.4. The van der Waals surface area contributed by atoms with Crippen LogP contribution >= 0.6 is 0 Å². The third-order valence-corrected chi connectivity index (χ3v) is 5.27. The Bertz CT molecular complexity index is 976. The van der Waals surface area contributed by atoms with Crippen LogP contribution in [0.5, 0.6) is 0 Å². The number of benzene rings is 2. The molecule has 144 valence electrons. The lowest BCUT2D eigenvalue weighted by atomic mass is 9.87. The molecule has 1 aromatic heterocycles. The van der Waals surface area contributed by atoms with Crippen LogP contribution in [0.3, 0.4) is 0 Å². The molecule has 4 rings (SSSR count). The molecule has 0 fully saturated rings. The minimum Gasteiger partial charge on any atom is -0.441 e. The van der Waals surface area contributed by atoms with Gasteiger partial charge in [-0.05, 0) is 49.4 Å². The van der Waals surface area contributed by atoms with Crippen LogP contribution in [0.1, 0.15) is 47.9 Å². The van der Waals surface area contributed by atoms with Crippen molar-refractivity contribution in [1.82, 2.24) is 10.3 Å². The SMILES string of the molecule is Cc1ccc(-c2cnc(CCC(=O)NC3CCCc4cc(N)ccc43)o2)cc1. The van der Waals surface area contributed by atoms with Crippen molar-refractivity contribution in [3.63, 3.8) is 0 Å². The van der Waals surface area contributed by atoms with Crippen LogP contribution in [0.2, 0.25) is 0 Å². The Labute approximate surface area is 165 Å². The maximum absolute atomic E-state index is 12.5. The van der Waals surface area contributed by atoms with Crippen molar-refractivity contribution in [2.45, 2.75) is 45.1 Å². The van der Waals surface area contributed by atoms with Crippen LogP contribution < -0.4 is 11.1 Å². The molecule has 1 heterocycles. The van der Waals surface area contributed by atoms with Crippen molar-refractivity contribution < 1.29 is 9.21 Å². The number of hydrogen-bond acceptors (Lipinski definition) is 4. The molecule has 0 radical (unpaired) electrons. The van der Waals surface area contributed by atoms with E-state index in [9.17, 15) is 4.79 Å². The molecule has 0 saturated carbocycles. The molecule has 0 saturated heterocycles. The van der Waals surface area contributed by atoms with E-state index in [2.05, 4.69) is 10.3 Å². The van der Waals surface area contributed by atoms with E-state index >= 15 is 0 Å². The number of nitrogen functional groups attached to an aromatic ring is 1. The van der Waals surface area contributed by atoms with Gasteiger partial charge in [0, 0.05) is 24.1 Å². The fraction of sp³-hybridized carbons (Fsp3) is 0.304. The summed E-state index contributed by atoms with van der Waals surface area (Å²) in [6, 6.07) is 14.1. The number of amides is 1. The van der Waals surface area contributed by atoms with Crippen LogP contribution in [0.25, 0.3) is 11.3 Å². The summed E-state index contributed by atoms with van der Waals surface area (Å²) in [6.45, 7) is 2.05. The Morgan fingerprint density at radius 1 is 1.25 bits per heavy atom. The molecule has 1 unspecified atom stereocenters.